The number of aromatic nitrogens is 1. The summed E-state index contributed by atoms with van der Waals surface area (Å²) in [4.78, 5) is 20.3. The van der Waals surface area contributed by atoms with E-state index in [0.717, 1.165) is 23.2 Å². The Balaban J connectivity index is 1.72. The summed E-state index contributed by atoms with van der Waals surface area (Å²) < 4.78 is 0.951. The van der Waals surface area contributed by atoms with Gasteiger partial charge >= 0.3 is 0 Å². The molecule has 0 bridgehead atoms. The van der Waals surface area contributed by atoms with Gasteiger partial charge in [0.2, 0.25) is 5.91 Å². The zero-order valence-electron chi connectivity index (χ0n) is 9.47. The first kappa shape index (κ1) is 11.0. The summed E-state index contributed by atoms with van der Waals surface area (Å²) in [6, 6.07) is 2.54. The second kappa shape index (κ2) is 4.29. The largest absolute Gasteiger partial charge is 0.359 e. The molecule has 1 aliphatic carbocycles. The SMILES string of the molecule is O=C1CN(c2cncc(Br)c2)CCN1C1CC1. The summed E-state index contributed by atoms with van der Waals surface area (Å²) in [5, 5.41) is 0. The molecule has 3 rings (SSSR count). The van der Waals surface area contributed by atoms with Crippen LogP contribution in [-0.2, 0) is 4.79 Å². The average Bonchev–Trinajstić information content (AvgIpc) is 3.13. The number of carbonyl (C=O) groups excluding carboxylic acids is 1. The molecule has 0 spiro atoms. The molecule has 4 nitrogen and oxygen atoms in total. The lowest BCUT2D eigenvalue weighted by Gasteiger charge is -2.35. The van der Waals surface area contributed by atoms with E-state index in [-0.39, 0.29) is 5.91 Å². The Kier molecular flexibility index (Phi) is 2.78. The highest BCUT2D eigenvalue weighted by Crippen LogP contribution is 2.29. The molecule has 1 saturated carbocycles. The Morgan fingerprint density at radius 3 is 2.76 bits per heavy atom. The van der Waals surface area contributed by atoms with E-state index in [2.05, 4.69) is 25.8 Å². The number of halogens is 1. The van der Waals surface area contributed by atoms with Gasteiger partial charge in [-0.15, -0.1) is 0 Å². The fraction of sp³-hybridized carbons (Fsp3) is 0.500. The van der Waals surface area contributed by atoms with Gasteiger partial charge in [0.25, 0.3) is 0 Å². The lowest BCUT2D eigenvalue weighted by Crippen LogP contribution is -2.51. The van der Waals surface area contributed by atoms with Crippen LogP contribution in [0.3, 0.4) is 0 Å². The first-order chi connectivity index (χ1) is 8.24. The molecular formula is C12H14BrN3O. The van der Waals surface area contributed by atoms with Crippen molar-refractivity contribution in [1.29, 1.82) is 0 Å². The highest BCUT2D eigenvalue weighted by Gasteiger charge is 2.35. The Morgan fingerprint density at radius 2 is 2.12 bits per heavy atom. The van der Waals surface area contributed by atoms with E-state index >= 15 is 0 Å². The maximum absolute atomic E-state index is 12.0. The summed E-state index contributed by atoms with van der Waals surface area (Å²) in [5.74, 6) is 0.249. The lowest BCUT2D eigenvalue weighted by atomic mass is 10.2. The quantitative estimate of drug-likeness (QED) is 0.833. The Bertz CT molecular complexity index is 447. The third-order valence-corrected chi connectivity index (χ3v) is 3.73. The molecule has 2 fully saturated rings. The van der Waals surface area contributed by atoms with Crippen molar-refractivity contribution in [2.75, 3.05) is 24.5 Å². The smallest absolute Gasteiger partial charge is 0.242 e. The number of hydrogen-bond donors (Lipinski definition) is 0. The summed E-state index contributed by atoms with van der Waals surface area (Å²) in [6.45, 7) is 2.23. The molecule has 0 radical (unpaired) electrons. The van der Waals surface area contributed by atoms with Gasteiger partial charge in [0, 0.05) is 29.8 Å². The predicted octanol–water partition coefficient (Wildman–Crippen LogP) is 1.66. The minimum atomic E-state index is 0.249. The number of pyridine rings is 1. The van der Waals surface area contributed by atoms with Crippen molar-refractivity contribution in [2.45, 2.75) is 18.9 Å². The Hall–Kier alpha value is -1.10. The van der Waals surface area contributed by atoms with Gasteiger partial charge in [-0.25, -0.2) is 0 Å². The van der Waals surface area contributed by atoms with Crippen molar-refractivity contribution >= 4 is 27.5 Å². The van der Waals surface area contributed by atoms with Crippen LogP contribution in [0.15, 0.2) is 22.9 Å². The molecular weight excluding hydrogens is 282 g/mol. The van der Waals surface area contributed by atoms with Crippen LogP contribution < -0.4 is 4.90 Å². The molecule has 2 heterocycles. The molecule has 1 aromatic heterocycles. The van der Waals surface area contributed by atoms with Crippen LogP contribution in [0.5, 0.6) is 0 Å². The van der Waals surface area contributed by atoms with Crippen molar-refractivity contribution in [3.8, 4) is 0 Å². The second-order valence-electron chi connectivity index (χ2n) is 4.60. The van der Waals surface area contributed by atoms with Crippen LogP contribution in [0, 0.1) is 0 Å². The van der Waals surface area contributed by atoms with E-state index in [4.69, 9.17) is 0 Å². The summed E-state index contributed by atoms with van der Waals surface area (Å²) >= 11 is 3.40. The fourth-order valence-electron chi connectivity index (χ4n) is 2.25. The van der Waals surface area contributed by atoms with Crippen molar-refractivity contribution < 1.29 is 4.79 Å². The number of nitrogens with zero attached hydrogens (tertiary/aromatic N) is 3. The third-order valence-electron chi connectivity index (χ3n) is 3.30. The van der Waals surface area contributed by atoms with Crippen LogP contribution in [-0.4, -0.2) is 41.5 Å². The second-order valence-corrected chi connectivity index (χ2v) is 5.52. The van der Waals surface area contributed by atoms with Crippen LogP contribution >= 0.6 is 15.9 Å². The van der Waals surface area contributed by atoms with Gasteiger partial charge < -0.3 is 9.80 Å². The third kappa shape index (κ3) is 2.29. The number of anilines is 1. The summed E-state index contributed by atoms with van der Waals surface area (Å²) in [5.41, 5.74) is 1.02. The van der Waals surface area contributed by atoms with E-state index in [1.165, 1.54) is 12.8 Å². The van der Waals surface area contributed by atoms with Crippen LogP contribution in [0.2, 0.25) is 0 Å². The van der Waals surface area contributed by atoms with E-state index in [1.54, 1.807) is 6.20 Å². The van der Waals surface area contributed by atoms with Crippen molar-refractivity contribution in [3.05, 3.63) is 22.9 Å². The van der Waals surface area contributed by atoms with Gasteiger partial charge in [0.05, 0.1) is 18.4 Å². The van der Waals surface area contributed by atoms with Crippen LogP contribution in [0.25, 0.3) is 0 Å². The monoisotopic (exact) mass is 295 g/mol. The Labute approximate surface area is 109 Å². The highest BCUT2D eigenvalue weighted by atomic mass is 79.9. The standard InChI is InChI=1S/C12H14BrN3O/c13-9-5-11(7-14-6-9)15-3-4-16(10-1-2-10)12(17)8-15/h5-7,10H,1-4,8H2. The van der Waals surface area contributed by atoms with Gasteiger partial charge in [-0.1, -0.05) is 0 Å². The molecule has 5 heteroatoms. The normalized spacial score (nSPS) is 20.9. The number of amides is 1. The molecule has 90 valence electrons. The van der Waals surface area contributed by atoms with Gasteiger partial charge in [-0.3, -0.25) is 9.78 Å². The van der Waals surface area contributed by atoms with E-state index in [1.807, 2.05) is 17.2 Å². The molecule has 1 aromatic rings. The number of rotatable bonds is 2. The first-order valence-electron chi connectivity index (χ1n) is 5.89. The van der Waals surface area contributed by atoms with Crippen LogP contribution in [0.1, 0.15) is 12.8 Å². The zero-order valence-corrected chi connectivity index (χ0v) is 11.1. The molecule has 1 saturated heterocycles. The van der Waals surface area contributed by atoms with E-state index in [0.29, 0.717) is 12.6 Å². The molecule has 1 amide bonds. The maximum atomic E-state index is 12.0. The Morgan fingerprint density at radius 1 is 1.29 bits per heavy atom. The first-order valence-corrected chi connectivity index (χ1v) is 6.68. The molecule has 0 atom stereocenters. The number of carbonyl (C=O) groups is 1. The van der Waals surface area contributed by atoms with Gasteiger partial charge in [-0.2, -0.15) is 0 Å². The van der Waals surface area contributed by atoms with E-state index < -0.39 is 0 Å². The van der Waals surface area contributed by atoms with Crippen molar-refractivity contribution in [3.63, 3.8) is 0 Å². The molecule has 2 aliphatic rings. The fourth-order valence-corrected chi connectivity index (χ4v) is 2.61. The van der Waals surface area contributed by atoms with Crippen molar-refractivity contribution in [1.82, 2.24) is 9.88 Å². The van der Waals surface area contributed by atoms with Crippen molar-refractivity contribution in [2.24, 2.45) is 0 Å². The molecule has 0 aromatic carbocycles. The number of hydrogen-bond acceptors (Lipinski definition) is 3. The zero-order chi connectivity index (χ0) is 11.8. The highest BCUT2D eigenvalue weighted by molar-refractivity contribution is 9.10. The molecule has 1 aliphatic heterocycles. The minimum absolute atomic E-state index is 0.249. The average molecular weight is 296 g/mol. The molecule has 17 heavy (non-hydrogen) atoms. The lowest BCUT2D eigenvalue weighted by molar-refractivity contribution is -0.131. The molecule has 0 N–H and O–H groups in total. The summed E-state index contributed by atoms with van der Waals surface area (Å²) in [7, 11) is 0. The molecule has 0 unspecified atom stereocenters. The number of piperazine rings is 1. The van der Waals surface area contributed by atoms with Crippen LogP contribution in [0.4, 0.5) is 5.69 Å². The van der Waals surface area contributed by atoms with E-state index in [9.17, 15) is 4.79 Å². The predicted molar refractivity (Wildman–Crippen MR) is 68.9 cm³/mol. The topological polar surface area (TPSA) is 36.4 Å². The van der Waals surface area contributed by atoms with Gasteiger partial charge in [0.15, 0.2) is 0 Å². The minimum Gasteiger partial charge on any atom is -0.359 e. The summed E-state index contributed by atoms with van der Waals surface area (Å²) in [6.07, 6.45) is 5.94. The maximum Gasteiger partial charge on any atom is 0.242 e. The van der Waals surface area contributed by atoms with Gasteiger partial charge in [-0.05, 0) is 34.8 Å². The van der Waals surface area contributed by atoms with Gasteiger partial charge in [0.1, 0.15) is 0 Å².